The molecule has 0 aliphatic heterocycles. The van der Waals surface area contributed by atoms with E-state index < -0.39 is 35.7 Å². The van der Waals surface area contributed by atoms with Crippen LogP contribution in [0.3, 0.4) is 0 Å². The summed E-state index contributed by atoms with van der Waals surface area (Å²) in [5.74, 6) is -3.43. The largest absolute Gasteiger partial charge is 0.475 e. The van der Waals surface area contributed by atoms with Crippen LogP contribution in [-0.4, -0.2) is 52.3 Å². The highest BCUT2D eigenvalue weighted by atomic mass is 19.1. The Hall–Kier alpha value is -3.06. The van der Waals surface area contributed by atoms with Gasteiger partial charge in [0.15, 0.2) is 10.8 Å². The molecule has 1 aromatic rings. The predicted octanol–water partition coefficient (Wildman–Crippen LogP) is 0.742. The number of hydrogen-bond acceptors (Lipinski definition) is 7. The first kappa shape index (κ1) is 28.0. The number of aryl methyl sites for hydroxylation is 1. The maximum atomic E-state index is 13.5. The second kappa shape index (κ2) is 13.5. The standard InChI is InChI=1S/C20H31BFN5O6/c1-12(2)9-18(21(30)31)25-19(29)15(5-4-8-24-20(23)26-27(32)33)11-17(28)14-6-7-16(22)13(3)10-14/h6-7,10,12,15,18,30-31H,4-5,8-9,11H2,1-3H3,(H,25,29)(H3,23,24,26)/t15-,18+/m1/s1. The number of hydrogen-bond donors (Lipinski definition) is 5. The average molecular weight is 467 g/mol. The van der Waals surface area contributed by atoms with Crippen molar-refractivity contribution in [3.63, 3.8) is 0 Å². The minimum absolute atomic E-state index is 0.0678. The van der Waals surface area contributed by atoms with Gasteiger partial charge in [-0.1, -0.05) is 19.3 Å². The fourth-order valence-electron chi connectivity index (χ4n) is 3.22. The van der Waals surface area contributed by atoms with Crippen molar-refractivity contribution in [3.05, 3.63) is 45.3 Å². The predicted molar refractivity (Wildman–Crippen MR) is 121 cm³/mol. The number of nitrogens with zero attached hydrogens (tertiary/aromatic N) is 2. The first-order chi connectivity index (χ1) is 15.4. The van der Waals surface area contributed by atoms with Crippen LogP contribution < -0.4 is 16.5 Å². The van der Waals surface area contributed by atoms with E-state index >= 15 is 0 Å². The zero-order chi connectivity index (χ0) is 25.1. The quantitative estimate of drug-likeness (QED) is 0.0536. The van der Waals surface area contributed by atoms with Crippen LogP contribution in [0.25, 0.3) is 0 Å². The lowest BCUT2D eigenvalue weighted by Crippen LogP contribution is -2.49. The lowest BCUT2D eigenvalue weighted by Gasteiger charge is -2.23. The molecule has 0 heterocycles. The van der Waals surface area contributed by atoms with Crippen LogP contribution in [0.15, 0.2) is 23.2 Å². The molecule has 0 aliphatic carbocycles. The molecule has 0 saturated carbocycles. The molecule has 33 heavy (non-hydrogen) atoms. The molecule has 0 aromatic heterocycles. The fraction of sp³-hybridized carbons (Fsp3) is 0.550. The number of amides is 1. The Morgan fingerprint density at radius 1 is 1.33 bits per heavy atom. The second-order valence-corrected chi connectivity index (χ2v) is 8.22. The monoisotopic (exact) mass is 467 g/mol. The van der Waals surface area contributed by atoms with Gasteiger partial charge < -0.3 is 21.1 Å². The maximum absolute atomic E-state index is 13.5. The Balaban J connectivity index is 2.94. The van der Waals surface area contributed by atoms with Gasteiger partial charge in [-0.2, -0.15) is 0 Å². The van der Waals surface area contributed by atoms with Gasteiger partial charge in [0.2, 0.25) is 5.91 Å². The molecule has 1 aromatic carbocycles. The molecule has 0 saturated heterocycles. The van der Waals surface area contributed by atoms with E-state index in [9.17, 15) is 34.1 Å². The van der Waals surface area contributed by atoms with Crippen molar-refractivity contribution >= 4 is 24.8 Å². The highest BCUT2D eigenvalue weighted by Crippen LogP contribution is 2.19. The molecule has 0 fully saturated rings. The number of ketones is 1. The molecule has 0 bridgehead atoms. The summed E-state index contributed by atoms with van der Waals surface area (Å²) in [6, 6.07) is 3.92. The Kier molecular flexibility index (Phi) is 11.4. The van der Waals surface area contributed by atoms with E-state index in [1.54, 1.807) is 5.43 Å². The lowest BCUT2D eigenvalue weighted by molar-refractivity contribution is -0.525. The van der Waals surface area contributed by atoms with E-state index in [1.807, 2.05) is 13.8 Å². The van der Waals surface area contributed by atoms with E-state index in [1.165, 1.54) is 25.1 Å². The molecule has 0 spiro atoms. The SMILES string of the molecule is Cc1cc(C(=O)C[C@@H](CCCN=C(N)N[N+](=O)[O-])C(=O)N[C@@H](CC(C)C)B(O)O)ccc1F. The van der Waals surface area contributed by atoms with Gasteiger partial charge >= 0.3 is 7.12 Å². The number of halogens is 1. The molecular weight excluding hydrogens is 436 g/mol. The molecule has 13 heteroatoms. The smallest absolute Gasteiger partial charge is 0.426 e. The van der Waals surface area contributed by atoms with E-state index in [4.69, 9.17) is 5.73 Å². The number of nitrogens with one attached hydrogen (secondary N) is 2. The number of hydrazine groups is 1. The Morgan fingerprint density at radius 2 is 2.00 bits per heavy atom. The topological polar surface area (TPSA) is 180 Å². The van der Waals surface area contributed by atoms with Crippen LogP contribution in [0.1, 0.15) is 55.5 Å². The van der Waals surface area contributed by atoms with Gasteiger partial charge in [-0.25, -0.2) is 19.5 Å². The number of carbonyl (C=O) groups excluding carboxylic acids is 2. The molecule has 0 radical (unpaired) electrons. The van der Waals surface area contributed by atoms with Crippen molar-refractivity contribution in [3.8, 4) is 0 Å². The van der Waals surface area contributed by atoms with Gasteiger partial charge in [-0.3, -0.25) is 9.59 Å². The van der Waals surface area contributed by atoms with Gasteiger partial charge in [0.1, 0.15) is 5.82 Å². The summed E-state index contributed by atoms with van der Waals surface area (Å²) in [4.78, 5) is 39.8. The Morgan fingerprint density at radius 3 is 2.55 bits per heavy atom. The molecule has 6 N–H and O–H groups in total. The fourth-order valence-corrected chi connectivity index (χ4v) is 3.22. The van der Waals surface area contributed by atoms with Gasteiger partial charge in [-0.15, -0.1) is 0 Å². The van der Waals surface area contributed by atoms with Gasteiger partial charge in [0, 0.05) is 24.4 Å². The number of Topliss-reactive ketones (excluding diaryl/α,β-unsaturated/α-hetero) is 1. The first-order valence-corrected chi connectivity index (χ1v) is 10.6. The van der Waals surface area contributed by atoms with E-state index in [2.05, 4.69) is 10.3 Å². The third-order valence-electron chi connectivity index (χ3n) is 4.89. The Labute approximate surface area is 191 Å². The van der Waals surface area contributed by atoms with Crippen LogP contribution in [0.2, 0.25) is 0 Å². The highest BCUT2D eigenvalue weighted by molar-refractivity contribution is 6.43. The molecule has 182 valence electrons. The number of nitro groups is 1. The van der Waals surface area contributed by atoms with Crippen molar-refractivity contribution in [2.24, 2.45) is 22.6 Å². The second-order valence-electron chi connectivity index (χ2n) is 8.22. The first-order valence-electron chi connectivity index (χ1n) is 10.6. The summed E-state index contributed by atoms with van der Waals surface area (Å²) >= 11 is 0. The number of carbonyl (C=O) groups is 2. The number of nitrogens with two attached hydrogens (primary N) is 1. The van der Waals surface area contributed by atoms with Crippen LogP contribution in [0, 0.1) is 34.7 Å². The van der Waals surface area contributed by atoms with E-state index in [-0.39, 0.29) is 49.0 Å². The van der Waals surface area contributed by atoms with Crippen molar-refractivity contribution < 1.29 is 29.1 Å². The molecule has 2 atom stereocenters. The third kappa shape index (κ3) is 10.4. The van der Waals surface area contributed by atoms with Crippen LogP contribution in [0.4, 0.5) is 4.39 Å². The zero-order valence-electron chi connectivity index (χ0n) is 19.0. The summed E-state index contributed by atoms with van der Waals surface area (Å²) in [7, 11) is -1.77. The summed E-state index contributed by atoms with van der Waals surface area (Å²) in [6.07, 6.45) is 0.584. The van der Waals surface area contributed by atoms with Crippen LogP contribution >= 0.6 is 0 Å². The van der Waals surface area contributed by atoms with E-state index in [0.717, 1.165) is 0 Å². The van der Waals surface area contributed by atoms with E-state index in [0.29, 0.717) is 12.0 Å². The van der Waals surface area contributed by atoms with Crippen molar-refractivity contribution in [2.75, 3.05) is 6.54 Å². The summed E-state index contributed by atoms with van der Waals surface area (Å²) < 4.78 is 13.5. The normalized spacial score (nSPS) is 13.4. The van der Waals surface area contributed by atoms with Gasteiger partial charge in [0.05, 0.1) is 5.94 Å². The van der Waals surface area contributed by atoms with Crippen LogP contribution in [-0.2, 0) is 4.79 Å². The van der Waals surface area contributed by atoms with Crippen LogP contribution in [0.5, 0.6) is 0 Å². The maximum Gasteiger partial charge on any atom is 0.475 e. The Bertz CT molecular complexity index is 867. The molecular formula is C20H31BFN5O6. The molecule has 1 amide bonds. The van der Waals surface area contributed by atoms with Crippen molar-refractivity contribution in [1.82, 2.24) is 10.7 Å². The highest BCUT2D eigenvalue weighted by Gasteiger charge is 2.30. The average Bonchev–Trinajstić information content (AvgIpc) is 2.70. The molecule has 0 unspecified atom stereocenters. The minimum atomic E-state index is -1.77. The van der Waals surface area contributed by atoms with Crippen molar-refractivity contribution in [1.29, 1.82) is 0 Å². The number of rotatable bonds is 13. The minimum Gasteiger partial charge on any atom is -0.426 e. The number of benzene rings is 1. The third-order valence-corrected chi connectivity index (χ3v) is 4.89. The lowest BCUT2D eigenvalue weighted by atomic mass is 9.74. The zero-order valence-corrected chi connectivity index (χ0v) is 19.0. The summed E-state index contributed by atoms with van der Waals surface area (Å²) in [6.45, 7) is 5.32. The molecule has 0 aliphatic rings. The number of guanidine groups is 1. The van der Waals surface area contributed by atoms with Gasteiger partial charge in [0.25, 0.3) is 5.96 Å². The summed E-state index contributed by atoms with van der Waals surface area (Å²) in [5, 5.41) is 31.3. The summed E-state index contributed by atoms with van der Waals surface area (Å²) in [5.41, 5.74) is 7.61. The number of aliphatic imine (C=N–C) groups is 1. The molecule has 11 nitrogen and oxygen atoms in total. The molecule has 1 rings (SSSR count). The van der Waals surface area contributed by atoms with Gasteiger partial charge in [-0.05, 0) is 55.9 Å². The van der Waals surface area contributed by atoms with Crippen molar-refractivity contribution in [2.45, 2.75) is 52.4 Å².